The van der Waals surface area contributed by atoms with E-state index in [1.165, 1.54) is 14.2 Å². The smallest absolute Gasteiger partial charge is 0.273 e. The standard InChI is InChI=1S/C13H14N2O4S/c1-17-9-5-4-7(10(18-2)11(9)19-3)6-8-12(16)15-13(20)14-8/h4-6H,1-3H3,(H2,14,15,16,20). The van der Waals surface area contributed by atoms with Gasteiger partial charge in [-0.2, -0.15) is 0 Å². The predicted molar refractivity (Wildman–Crippen MR) is 78.0 cm³/mol. The number of nitrogens with one attached hydrogen (secondary N) is 2. The second-order valence-corrected chi connectivity index (χ2v) is 4.30. The molecule has 0 atom stereocenters. The Balaban J connectivity index is 2.50. The number of methoxy groups -OCH3 is 3. The van der Waals surface area contributed by atoms with E-state index >= 15 is 0 Å². The topological polar surface area (TPSA) is 68.8 Å². The van der Waals surface area contributed by atoms with Crippen LogP contribution >= 0.6 is 12.2 Å². The van der Waals surface area contributed by atoms with E-state index in [9.17, 15) is 4.79 Å². The van der Waals surface area contributed by atoms with Crippen molar-refractivity contribution in [2.75, 3.05) is 21.3 Å². The van der Waals surface area contributed by atoms with Gasteiger partial charge in [-0.25, -0.2) is 0 Å². The maximum atomic E-state index is 11.6. The van der Waals surface area contributed by atoms with Crippen molar-refractivity contribution in [1.82, 2.24) is 10.6 Å². The molecule has 1 aliphatic heterocycles. The Labute approximate surface area is 121 Å². The highest BCUT2D eigenvalue weighted by Gasteiger charge is 2.22. The minimum atomic E-state index is -0.285. The lowest BCUT2D eigenvalue weighted by Gasteiger charge is -2.14. The van der Waals surface area contributed by atoms with Crippen molar-refractivity contribution in [3.05, 3.63) is 23.4 Å². The van der Waals surface area contributed by atoms with Gasteiger partial charge < -0.3 is 19.5 Å². The highest BCUT2D eigenvalue weighted by molar-refractivity contribution is 7.80. The summed E-state index contributed by atoms with van der Waals surface area (Å²) in [7, 11) is 4.58. The molecular weight excluding hydrogens is 280 g/mol. The van der Waals surface area contributed by atoms with Crippen molar-refractivity contribution in [3.8, 4) is 17.2 Å². The van der Waals surface area contributed by atoms with Gasteiger partial charge in [-0.3, -0.25) is 10.1 Å². The molecule has 0 aliphatic carbocycles. The first-order valence-corrected chi connectivity index (χ1v) is 6.14. The minimum absolute atomic E-state index is 0.278. The molecule has 2 rings (SSSR count). The summed E-state index contributed by atoms with van der Waals surface area (Å²) in [5, 5.41) is 5.54. The fraction of sp³-hybridized carbons (Fsp3) is 0.231. The number of amides is 1. The predicted octanol–water partition coefficient (Wildman–Crippen LogP) is 1.06. The van der Waals surface area contributed by atoms with E-state index < -0.39 is 0 Å². The number of thiocarbonyl (C=S) groups is 1. The Kier molecular flexibility index (Phi) is 4.09. The second kappa shape index (κ2) is 5.79. The number of rotatable bonds is 4. The Morgan fingerprint density at radius 2 is 1.75 bits per heavy atom. The van der Waals surface area contributed by atoms with Gasteiger partial charge in [0.25, 0.3) is 5.91 Å². The van der Waals surface area contributed by atoms with Gasteiger partial charge in [0, 0.05) is 5.56 Å². The number of carbonyl (C=O) groups is 1. The van der Waals surface area contributed by atoms with Gasteiger partial charge in [0.2, 0.25) is 5.75 Å². The third kappa shape index (κ3) is 2.53. The monoisotopic (exact) mass is 294 g/mol. The van der Waals surface area contributed by atoms with Crippen LogP contribution < -0.4 is 24.8 Å². The summed E-state index contributed by atoms with van der Waals surface area (Å²) in [6.07, 6.45) is 1.63. The molecule has 0 radical (unpaired) electrons. The van der Waals surface area contributed by atoms with E-state index in [1.807, 2.05) is 0 Å². The van der Waals surface area contributed by atoms with E-state index in [0.717, 1.165) is 0 Å². The summed E-state index contributed by atoms with van der Waals surface area (Å²) >= 11 is 4.88. The van der Waals surface area contributed by atoms with Gasteiger partial charge in [-0.15, -0.1) is 0 Å². The summed E-state index contributed by atoms with van der Waals surface area (Å²) < 4.78 is 15.8. The molecule has 106 valence electrons. The summed E-state index contributed by atoms with van der Waals surface area (Å²) in [5.41, 5.74) is 1.02. The summed E-state index contributed by atoms with van der Waals surface area (Å²) in [6, 6.07) is 3.50. The van der Waals surface area contributed by atoms with Crippen LogP contribution in [0.25, 0.3) is 6.08 Å². The third-order valence-electron chi connectivity index (χ3n) is 2.75. The number of hydrogen-bond acceptors (Lipinski definition) is 5. The molecule has 6 nitrogen and oxygen atoms in total. The zero-order valence-electron chi connectivity index (χ0n) is 11.3. The second-order valence-electron chi connectivity index (χ2n) is 3.89. The lowest BCUT2D eigenvalue weighted by molar-refractivity contribution is -0.115. The molecule has 0 unspecified atom stereocenters. The van der Waals surface area contributed by atoms with E-state index in [2.05, 4.69) is 10.6 Å². The van der Waals surface area contributed by atoms with E-state index in [4.69, 9.17) is 26.4 Å². The first-order valence-electron chi connectivity index (χ1n) is 5.73. The van der Waals surface area contributed by atoms with Crippen LogP contribution in [0.5, 0.6) is 17.2 Å². The van der Waals surface area contributed by atoms with Gasteiger partial charge in [0.15, 0.2) is 16.6 Å². The van der Waals surface area contributed by atoms with Crippen LogP contribution in [0.15, 0.2) is 17.8 Å². The highest BCUT2D eigenvalue weighted by Crippen LogP contribution is 2.40. The van der Waals surface area contributed by atoms with Gasteiger partial charge in [0.05, 0.1) is 21.3 Å². The molecule has 0 aromatic heterocycles. The summed E-state index contributed by atoms with van der Waals surface area (Å²) in [5.74, 6) is 1.20. The van der Waals surface area contributed by atoms with E-state index in [0.29, 0.717) is 28.5 Å². The molecule has 2 N–H and O–H groups in total. The van der Waals surface area contributed by atoms with Crippen LogP contribution in [-0.2, 0) is 4.79 Å². The molecule has 1 amide bonds. The maximum Gasteiger partial charge on any atom is 0.273 e. The Morgan fingerprint density at radius 1 is 1.05 bits per heavy atom. The van der Waals surface area contributed by atoms with E-state index in [-0.39, 0.29) is 11.0 Å². The number of carbonyl (C=O) groups excluding carboxylic acids is 1. The van der Waals surface area contributed by atoms with Crippen LogP contribution in [-0.4, -0.2) is 32.3 Å². The van der Waals surface area contributed by atoms with Crippen LogP contribution in [0, 0.1) is 0 Å². The Hall–Kier alpha value is -2.28. The zero-order chi connectivity index (χ0) is 14.7. The van der Waals surface area contributed by atoms with Crippen molar-refractivity contribution >= 4 is 29.3 Å². The summed E-state index contributed by atoms with van der Waals surface area (Å²) in [6.45, 7) is 0. The van der Waals surface area contributed by atoms with Crippen molar-refractivity contribution in [2.24, 2.45) is 0 Å². The van der Waals surface area contributed by atoms with Crippen LogP contribution in [0.2, 0.25) is 0 Å². The molecule has 0 bridgehead atoms. The lowest BCUT2D eigenvalue weighted by atomic mass is 10.1. The molecule has 7 heteroatoms. The number of ether oxygens (including phenoxy) is 3. The van der Waals surface area contributed by atoms with Gasteiger partial charge >= 0.3 is 0 Å². The molecule has 1 saturated heterocycles. The van der Waals surface area contributed by atoms with Gasteiger partial charge in [0.1, 0.15) is 5.70 Å². The lowest BCUT2D eigenvalue weighted by Crippen LogP contribution is -2.21. The fourth-order valence-electron chi connectivity index (χ4n) is 1.88. The molecule has 0 spiro atoms. The van der Waals surface area contributed by atoms with Crippen LogP contribution in [0.3, 0.4) is 0 Å². The first kappa shape index (κ1) is 14.1. The molecule has 1 aliphatic rings. The molecule has 0 saturated carbocycles. The molecule has 1 aromatic rings. The molecule has 1 heterocycles. The average Bonchev–Trinajstić information content (AvgIpc) is 2.76. The first-order chi connectivity index (χ1) is 9.60. The molecule has 1 fully saturated rings. The van der Waals surface area contributed by atoms with Crippen LogP contribution in [0.4, 0.5) is 0 Å². The fourth-order valence-corrected chi connectivity index (χ4v) is 2.08. The van der Waals surface area contributed by atoms with Crippen molar-refractivity contribution in [1.29, 1.82) is 0 Å². The molecule has 20 heavy (non-hydrogen) atoms. The van der Waals surface area contributed by atoms with Gasteiger partial charge in [-0.1, -0.05) is 0 Å². The van der Waals surface area contributed by atoms with Crippen molar-refractivity contribution < 1.29 is 19.0 Å². The van der Waals surface area contributed by atoms with Crippen LogP contribution in [0.1, 0.15) is 5.56 Å². The van der Waals surface area contributed by atoms with Crippen molar-refractivity contribution in [3.63, 3.8) is 0 Å². The SMILES string of the molecule is COc1ccc(C=C2NC(=S)NC2=O)c(OC)c1OC. The van der Waals surface area contributed by atoms with Crippen molar-refractivity contribution in [2.45, 2.75) is 0 Å². The largest absolute Gasteiger partial charge is 0.493 e. The number of benzene rings is 1. The zero-order valence-corrected chi connectivity index (χ0v) is 12.1. The minimum Gasteiger partial charge on any atom is -0.493 e. The average molecular weight is 294 g/mol. The van der Waals surface area contributed by atoms with Gasteiger partial charge in [-0.05, 0) is 30.4 Å². The highest BCUT2D eigenvalue weighted by atomic mass is 32.1. The normalized spacial score (nSPS) is 15.8. The quantitative estimate of drug-likeness (QED) is 0.639. The maximum absolute atomic E-state index is 11.6. The Bertz CT molecular complexity index is 598. The third-order valence-corrected chi connectivity index (χ3v) is 2.96. The van der Waals surface area contributed by atoms with E-state index in [1.54, 1.807) is 25.3 Å². The molecular formula is C13H14N2O4S. The Morgan fingerprint density at radius 3 is 2.25 bits per heavy atom. The summed E-state index contributed by atoms with van der Waals surface area (Å²) in [4.78, 5) is 11.6. The molecule has 1 aromatic carbocycles. The number of hydrogen-bond donors (Lipinski definition) is 2.